The van der Waals surface area contributed by atoms with Crippen molar-refractivity contribution < 1.29 is 59.0 Å². The number of nitrogens with one attached hydrogen (secondary N) is 1. The number of likely N-dealkylation sites (N-methyl/N-ethyl adjacent to an activating group) is 1. The van der Waals surface area contributed by atoms with E-state index in [1.165, 1.54) is 30.3 Å². The number of nitriles is 1. The highest BCUT2D eigenvalue weighted by Gasteiger charge is 2.63. The second-order valence-corrected chi connectivity index (χ2v) is 13.2. The van der Waals surface area contributed by atoms with Crippen molar-refractivity contribution in [1.29, 1.82) is 5.26 Å². The Morgan fingerprint density at radius 3 is 2.24 bits per heavy atom. The molecule has 1 aromatic carbocycles. The van der Waals surface area contributed by atoms with Crippen molar-refractivity contribution in [3.05, 3.63) is 51.8 Å². The molecule has 0 spiro atoms. The molecule has 0 bridgehead atoms. The summed E-state index contributed by atoms with van der Waals surface area (Å²) in [7, 11) is 1.22. The molecule has 1 aliphatic heterocycles. The number of nitrogens with zero attached hydrogens (tertiary/aromatic N) is 5. The third-order valence-electron chi connectivity index (χ3n) is 7.76. The number of anilines is 1. The molecule has 0 saturated heterocycles. The fourth-order valence-electron chi connectivity index (χ4n) is 5.08. The van der Waals surface area contributed by atoms with Crippen molar-refractivity contribution in [3.63, 3.8) is 0 Å². The number of amides is 1. The third-order valence-corrected chi connectivity index (χ3v) is 8.09. The summed E-state index contributed by atoms with van der Waals surface area (Å²) in [6, 6.07) is 5.93. The predicted molar refractivity (Wildman–Crippen MR) is 162 cm³/mol. The minimum atomic E-state index is -6.36. The molecule has 1 aromatic heterocycles. The molecule has 1 N–H and O–H groups in total. The standard InChI is InChI=1S/C31H31ClF8N6O5/c1-27(2,3)51-22(48)7-5-6-21(47)50-16-45(28(15-41)10-11-28)26(49)19-12-17(8-9-20(19)32)18-13-44(4)46(14-18)25-23(30(35,36)37)24(42-43-25)29(33,34)31(38,39)40/h8-9,12,14H,5-7,10-11,13,16H2,1-4H3,(H,42,43). The highest BCUT2D eigenvalue weighted by Crippen LogP contribution is 2.50. The number of rotatable bonds is 11. The number of ether oxygens (including phenoxy) is 2. The lowest BCUT2D eigenvalue weighted by Gasteiger charge is -2.27. The zero-order chi connectivity index (χ0) is 38.3. The number of hydrogen-bond donors (Lipinski definition) is 1. The van der Waals surface area contributed by atoms with E-state index in [4.69, 9.17) is 21.1 Å². The Bertz CT molecular complexity index is 1760. The summed E-state index contributed by atoms with van der Waals surface area (Å²) in [5.74, 6) is -9.32. The van der Waals surface area contributed by atoms with Crippen LogP contribution in [0.15, 0.2) is 24.4 Å². The van der Waals surface area contributed by atoms with Gasteiger partial charge in [0.2, 0.25) is 0 Å². The number of esters is 2. The van der Waals surface area contributed by atoms with Gasteiger partial charge in [0.1, 0.15) is 22.4 Å². The lowest BCUT2D eigenvalue weighted by molar-refractivity contribution is -0.292. The second kappa shape index (κ2) is 13.9. The van der Waals surface area contributed by atoms with Gasteiger partial charge in [0.05, 0.1) is 16.7 Å². The van der Waals surface area contributed by atoms with Crippen LogP contribution < -0.4 is 5.01 Å². The topological polar surface area (TPSA) is 132 Å². The van der Waals surface area contributed by atoms with E-state index in [0.29, 0.717) is 5.01 Å². The quantitative estimate of drug-likeness (QED) is 0.147. The van der Waals surface area contributed by atoms with Gasteiger partial charge < -0.3 is 9.47 Å². The summed E-state index contributed by atoms with van der Waals surface area (Å²) in [5.41, 5.74) is -6.69. The zero-order valence-corrected chi connectivity index (χ0v) is 28.2. The fraction of sp³-hybridized carbons (Fsp3) is 0.516. The lowest BCUT2D eigenvalue weighted by atomic mass is 10.0. The van der Waals surface area contributed by atoms with Crippen molar-refractivity contribution >= 4 is 40.8 Å². The Morgan fingerprint density at radius 2 is 1.69 bits per heavy atom. The van der Waals surface area contributed by atoms with E-state index in [1.807, 2.05) is 6.07 Å². The van der Waals surface area contributed by atoms with Crippen LogP contribution >= 0.6 is 11.6 Å². The number of carbonyl (C=O) groups excluding carboxylic acids is 3. The molecule has 1 fully saturated rings. The number of hydrazine groups is 1. The number of alkyl halides is 8. The summed E-state index contributed by atoms with van der Waals surface area (Å²) in [4.78, 5) is 39.2. The minimum Gasteiger partial charge on any atom is -0.460 e. The van der Waals surface area contributed by atoms with Crippen LogP contribution in [0.4, 0.5) is 40.9 Å². The first kappa shape index (κ1) is 39.3. The van der Waals surface area contributed by atoms with Crippen LogP contribution in [0.5, 0.6) is 0 Å². The normalized spacial score (nSPS) is 16.4. The number of carbonyl (C=O) groups is 3. The Hall–Kier alpha value is -4.44. The Kier molecular flexibility index (Phi) is 10.8. The minimum absolute atomic E-state index is 0.0686. The van der Waals surface area contributed by atoms with Gasteiger partial charge in [0.15, 0.2) is 12.5 Å². The van der Waals surface area contributed by atoms with Crippen LogP contribution in [0.25, 0.3) is 5.57 Å². The van der Waals surface area contributed by atoms with E-state index in [-0.39, 0.29) is 60.4 Å². The number of aromatic amines is 1. The summed E-state index contributed by atoms with van der Waals surface area (Å²) < 4.78 is 120. The molecular formula is C31H31ClF8N6O5. The lowest BCUT2D eigenvalue weighted by Crippen LogP contribution is -2.43. The predicted octanol–water partition coefficient (Wildman–Crippen LogP) is 6.95. The van der Waals surface area contributed by atoms with Crippen molar-refractivity contribution in [2.75, 3.05) is 25.3 Å². The summed E-state index contributed by atoms with van der Waals surface area (Å²) in [6.07, 6.45) is -10.7. The van der Waals surface area contributed by atoms with Gasteiger partial charge in [-0.25, -0.2) is 5.01 Å². The maximum Gasteiger partial charge on any atom is 0.459 e. The molecule has 278 valence electrons. The van der Waals surface area contributed by atoms with Crippen LogP contribution in [0, 0.1) is 11.3 Å². The van der Waals surface area contributed by atoms with Crippen LogP contribution in [0.1, 0.15) is 80.1 Å². The zero-order valence-electron chi connectivity index (χ0n) is 27.4. The second-order valence-electron chi connectivity index (χ2n) is 12.8. The molecule has 2 heterocycles. The smallest absolute Gasteiger partial charge is 0.459 e. The van der Waals surface area contributed by atoms with E-state index < -0.39 is 71.1 Å². The van der Waals surface area contributed by atoms with Crippen molar-refractivity contribution in [2.45, 2.75) is 82.3 Å². The molecule has 0 atom stereocenters. The van der Waals surface area contributed by atoms with Gasteiger partial charge in [-0.3, -0.25) is 29.4 Å². The molecule has 0 unspecified atom stereocenters. The summed E-state index contributed by atoms with van der Waals surface area (Å²) >= 11 is 6.34. The van der Waals surface area contributed by atoms with Gasteiger partial charge in [-0.2, -0.15) is 45.5 Å². The average Bonchev–Trinajstić information content (AvgIpc) is 3.47. The van der Waals surface area contributed by atoms with Gasteiger partial charge in [-0.05, 0) is 63.3 Å². The molecule has 11 nitrogen and oxygen atoms in total. The van der Waals surface area contributed by atoms with Crippen molar-refractivity contribution in [2.24, 2.45) is 0 Å². The maximum absolute atomic E-state index is 14.1. The molecule has 51 heavy (non-hydrogen) atoms. The summed E-state index contributed by atoms with van der Waals surface area (Å²) in [5, 5.41) is 15.8. The van der Waals surface area contributed by atoms with Crippen LogP contribution in [0.2, 0.25) is 5.02 Å². The SMILES string of the molecule is CN1CC(c2ccc(Cl)c(C(=O)N(COC(=O)CCCC(=O)OC(C)(C)C)C3(C#N)CC3)c2)=CN1c1n[nH]c(C(F)(F)C(F)(F)F)c1C(F)(F)F. The van der Waals surface area contributed by atoms with Crippen molar-refractivity contribution in [3.8, 4) is 6.07 Å². The Morgan fingerprint density at radius 1 is 1.06 bits per heavy atom. The molecule has 1 saturated carbocycles. The Labute approximate surface area is 290 Å². The number of hydrogen-bond acceptors (Lipinski definition) is 9. The first-order valence-electron chi connectivity index (χ1n) is 15.1. The van der Waals surface area contributed by atoms with Gasteiger partial charge >= 0.3 is 30.2 Å². The first-order valence-corrected chi connectivity index (χ1v) is 15.5. The largest absolute Gasteiger partial charge is 0.460 e. The van der Waals surface area contributed by atoms with Gasteiger partial charge in [0, 0.05) is 32.6 Å². The summed E-state index contributed by atoms with van der Waals surface area (Å²) in [6.45, 7) is 4.19. The highest BCUT2D eigenvalue weighted by molar-refractivity contribution is 6.34. The van der Waals surface area contributed by atoms with Crippen LogP contribution in [-0.4, -0.2) is 75.6 Å². The first-order chi connectivity index (χ1) is 23.4. The molecule has 2 aliphatic rings. The van der Waals surface area contributed by atoms with E-state index in [2.05, 4.69) is 5.10 Å². The molecule has 20 heteroatoms. The molecule has 1 amide bonds. The number of H-pyrrole nitrogens is 1. The molecule has 4 rings (SSSR count). The average molecular weight is 755 g/mol. The number of halogens is 9. The molecule has 0 radical (unpaired) electrons. The molecule has 1 aliphatic carbocycles. The van der Waals surface area contributed by atoms with Crippen LogP contribution in [0.3, 0.4) is 0 Å². The van der Waals surface area contributed by atoms with E-state index in [0.717, 1.165) is 16.1 Å². The van der Waals surface area contributed by atoms with Crippen LogP contribution in [-0.2, 0) is 31.2 Å². The monoisotopic (exact) mass is 754 g/mol. The third kappa shape index (κ3) is 8.55. The van der Waals surface area contributed by atoms with Crippen molar-refractivity contribution in [1.82, 2.24) is 20.1 Å². The number of benzene rings is 1. The van der Waals surface area contributed by atoms with Gasteiger partial charge in [0.25, 0.3) is 5.91 Å². The highest BCUT2D eigenvalue weighted by atomic mass is 35.5. The van der Waals surface area contributed by atoms with E-state index in [1.54, 1.807) is 20.8 Å². The van der Waals surface area contributed by atoms with E-state index >= 15 is 0 Å². The van der Waals surface area contributed by atoms with E-state index in [9.17, 15) is 54.8 Å². The van der Waals surface area contributed by atoms with Gasteiger partial charge in [-0.1, -0.05) is 17.7 Å². The van der Waals surface area contributed by atoms with Gasteiger partial charge in [-0.15, -0.1) is 0 Å². The number of aromatic nitrogens is 2. The molecule has 2 aromatic rings. The maximum atomic E-state index is 14.1. The Balaban J connectivity index is 1.58. The fourth-order valence-corrected chi connectivity index (χ4v) is 5.28. The molecular weight excluding hydrogens is 724 g/mol.